The number of alkyl halides is 4. The van der Waals surface area contributed by atoms with Crippen LogP contribution in [0.1, 0.15) is 6.42 Å². The van der Waals surface area contributed by atoms with E-state index in [9.17, 15) is 4.79 Å². The van der Waals surface area contributed by atoms with Gasteiger partial charge >= 0.3 is 5.97 Å². The van der Waals surface area contributed by atoms with Gasteiger partial charge in [0.15, 0.2) is 8.67 Å². The van der Waals surface area contributed by atoms with E-state index < -0.39 is 26.0 Å². The van der Waals surface area contributed by atoms with Crippen LogP contribution in [0.15, 0.2) is 0 Å². The maximum Gasteiger partial charge on any atom is 0.307 e. The van der Waals surface area contributed by atoms with E-state index in [0.717, 1.165) is 0 Å². The van der Waals surface area contributed by atoms with Crippen LogP contribution in [0.2, 0.25) is 0 Å². The number of aliphatic carboxylic acids is 1. The van der Waals surface area contributed by atoms with Crippen molar-refractivity contribution in [3.63, 3.8) is 0 Å². The van der Waals surface area contributed by atoms with Gasteiger partial charge in [-0.2, -0.15) is 0 Å². The van der Waals surface area contributed by atoms with E-state index >= 15 is 0 Å². The lowest BCUT2D eigenvalue weighted by Gasteiger charge is -1.93. The van der Waals surface area contributed by atoms with E-state index in [0.29, 0.717) is 6.42 Å². The van der Waals surface area contributed by atoms with Gasteiger partial charge < -0.3 is 5.11 Å². The normalized spacial score (nSPS) is 37.8. The number of hydrogen-bond donors (Lipinski definition) is 1. The SMILES string of the molecule is O=C(O)[C@H]1CC12C(Cl)(Cl)C2(Cl)Cl. The van der Waals surface area contributed by atoms with Gasteiger partial charge in [-0.25, -0.2) is 0 Å². The lowest BCUT2D eigenvalue weighted by Crippen LogP contribution is -2.03. The van der Waals surface area contributed by atoms with Crippen LogP contribution in [0.3, 0.4) is 0 Å². The molecule has 0 saturated heterocycles. The first-order valence-corrected chi connectivity index (χ1v) is 4.78. The van der Waals surface area contributed by atoms with Gasteiger partial charge in [-0.15, -0.1) is 0 Å². The Balaban J connectivity index is 2.27. The first kappa shape index (κ1) is 9.20. The fourth-order valence-corrected chi connectivity index (χ4v) is 3.83. The Bertz CT molecular complexity index is 259. The van der Waals surface area contributed by atoms with Gasteiger partial charge in [-0.1, -0.05) is 46.4 Å². The summed E-state index contributed by atoms with van der Waals surface area (Å²) in [4.78, 5) is 10.6. The Kier molecular flexibility index (Phi) is 1.53. The van der Waals surface area contributed by atoms with E-state index in [4.69, 9.17) is 51.5 Å². The summed E-state index contributed by atoms with van der Waals surface area (Å²) >= 11 is 23.1. The van der Waals surface area contributed by atoms with Crippen molar-refractivity contribution < 1.29 is 9.90 Å². The van der Waals surface area contributed by atoms with E-state index in [-0.39, 0.29) is 0 Å². The molecule has 0 unspecified atom stereocenters. The minimum Gasteiger partial charge on any atom is -0.481 e. The van der Waals surface area contributed by atoms with Gasteiger partial charge in [0.1, 0.15) is 0 Å². The van der Waals surface area contributed by atoms with E-state index in [2.05, 4.69) is 0 Å². The van der Waals surface area contributed by atoms with Crippen LogP contribution in [0, 0.1) is 11.3 Å². The molecule has 1 N–H and O–H groups in total. The van der Waals surface area contributed by atoms with Crippen molar-refractivity contribution in [2.24, 2.45) is 11.3 Å². The van der Waals surface area contributed by atoms with Crippen LogP contribution in [0.5, 0.6) is 0 Å². The Morgan fingerprint density at radius 3 is 1.75 bits per heavy atom. The molecule has 2 fully saturated rings. The lowest BCUT2D eigenvalue weighted by molar-refractivity contribution is -0.139. The molecule has 2 aliphatic carbocycles. The van der Waals surface area contributed by atoms with Gasteiger partial charge in [-0.3, -0.25) is 4.79 Å². The van der Waals surface area contributed by atoms with Crippen LogP contribution in [-0.4, -0.2) is 19.7 Å². The predicted octanol–water partition coefficient (Wildman–Crippen LogP) is 2.44. The van der Waals surface area contributed by atoms with Gasteiger partial charge in [0.25, 0.3) is 0 Å². The minimum atomic E-state index is -1.30. The largest absolute Gasteiger partial charge is 0.481 e. The standard InChI is InChI=1S/C6H4Cl4O2/c7-5(8)4(6(5,9)10)1-2(4)3(11)12/h2H,1H2,(H,11,12)/t2-/m1/s1. The summed E-state index contributed by atoms with van der Waals surface area (Å²) in [6.07, 6.45) is 0.363. The highest BCUT2D eigenvalue weighted by atomic mass is 35.5. The molecule has 2 nitrogen and oxygen atoms in total. The van der Waals surface area contributed by atoms with Crippen molar-refractivity contribution in [3.8, 4) is 0 Å². The molecule has 0 aromatic rings. The molecular weight excluding hydrogens is 246 g/mol. The molecule has 6 heteroatoms. The Morgan fingerprint density at radius 2 is 1.67 bits per heavy atom. The predicted molar refractivity (Wildman–Crippen MR) is 47.0 cm³/mol. The number of carboxylic acid groups (broad SMARTS) is 1. The molecule has 0 amide bonds. The van der Waals surface area contributed by atoms with Crippen molar-refractivity contribution in [1.82, 2.24) is 0 Å². The van der Waals surface area contributed by atoms with E-state index in [1.807, 2.05) is 0 Å². The lowest BCUT2D eigenvalue weighted by atomic mass is 10.3. The first-order chi connectivity index (χ1) is 5.29. The number of carbonyl (C=O) groups is 1. The molecule has 1 spiro atoms. The van der Waals surface area contributed by atoms with Crippen LogP contribution >= 0.6 is 46.4 Å². The van der Waals surface area contributed by atoms with Gasteiger partial charge in [0.05, 0.1) is 11.3 Å². The average Bonchev–Trinajstić information content (AvgIpc) is 2.66. The zero-order valence-electron chi connectivity index (χ0n) is 5.65. The van der Waals surface area contributed by atoms with Crippen molar-refractivity contribution >= 4 is 52.4 Å². The molecule has 0 heterocycles. The third kappa shape index (κ3) is 0.661. The molecule has 0 bridgehead atoms. The fraction of sp³-hybridized carbons (Fsp3) is 0.833. The Hall–Kier alpha value is 0.630. The summed E-state index contributed by atoms with van der Waals surface area (Å²) in [5.74, 6) is -1.54. The highest BCUT2D eigenvalue weighted by Crippen LogP contribution is 2.90. The molecule has 2 aliphatic rings. The third-order valence-corrected chi connectivity index (χ3v) is 5.58. The topological polar surface area (TPSA) is 37.3 Å². The number of carboxylic acids is 1. The highest BCUT2D eigenvalue weighted by Gasteiger charge is 2.97. The average molecular weight is 250 g/mol. The summed E-state index contributed by atoms with van der Waals surface area (Å²) in [6, 6.07) is 0. The second kappa shape index (κ2) is 2.00. The second-order valence-corrected chi connectivity index (χ2v) is 5.87. The number of halogens is 4. The van der Waals surface area contributed by atoms with Gasteiger partial charge in [0.2, 0.25) is 0 Å². The smallest absolute Gasteiger partial charge is 0.307 e. The molecule has 0 aromatic carbocycles. The Morgan fingerprint density at radius 1 is 1.25 bits per heavy atom. The molecule has 0 radical (unpaired) electrons. The zero-order valence-corrected chi connectivity index (χ0v) is 8.68. The first-order valence-electron chi connectivity index (χ1n) is 3.27. The van der Waals surface area contributed by atoms with Gasteiger partial charge in [0, 0.05) is 0 Å². The summed E-state index contributed by atoms with van der Waals surface area (Å²) in [7, 11) is 0. The van der Waals surface area contributed by atoms with Crippen molar-refractivity contribution in [3.05, 3.63) is 0 Å². The van der Waals surface area contributed by atoms with Crippen LogP contribution in [0.4, 0.5) is 0 Å². The molecule has 0 aliphatic heterocycles. The monoisotopic (exact) mass is 248 g/mol. The maximum absolute atomic E-state index is 10.6. The van der Waals surface area contributed by atoms with Crippen LogP contribution < -0.4 is 0 Å². The van der Waals surface area contributed by atoms with E-state index in [1.54, 1.807) is 0 Å². The van der Waals surface area contributed by atoms with Crippen LogP contribution in [0.25, 0.3) is 0 Å². The third-order valence-electron chi connectivity index (χ3n) is 2.71. The maximum atomic E-state index is 10.6. The molecular formula is C6H4Cl4O2. The van der Waals surface area contributed by atoms with Crippen molar-refractivity contribution in [1.29, 1.82) is 0 Å². The second-order valence-electron chi connectivity index (χ2n) is 3.22. The summed E-state index contributed by atoms with van der Waals surface area (Å²) in [5, 5.41) is 8.66. The Labute approximate surface area is 88.7 Å². The van der Waals surface area contributed by atoms with Crippen molar-refractivity contribution in [2.45, 2.75) is 15.1 Å². The fourth-order valence-electron chi connectivity index (χ4n) is 1.74. The zero-order chi connectivity index (χ0) is 9.36. The number of rotatable bonds is 1. The summed E-state index contributed by atoms with van der Waals surface area (Å²) in [5.41, 5.74) is -0.807. The molecule has 12 heavy (non-hydrogen) atoms. The molecule has 2 rings (SSSR count). The molecule has 2 saturated carbocycles. The summed E-state index contributed by atoms with van der Waals surface area (Å²) < 4.78 is -2.60. The molecule has 68 valence electrons. The van der Waals surface area contributed by atoms with Crippen molar-refractivity contribution in [2.75, 3.05) is 0 Å². The minimum absolute atomic E-state index is 0.363. The molecule has 1 atom stereocenters. The molecule has 0 aromatic heterocycles. The van der Waals surface area contributed by atoms with E-state index in [1.165, 1.54) is 0 Å². The highest BCUT2D eigenvalue weighted by molar-refractivity contribution is 6.69. The quantitative estimate of drug-likeness (QED) is 0.725. The van der Waals surface area contributed by atoms with Gasteiger partial charge in [-0.05, 0) is 6.42 Å². The summed E-state index contributed by atoms with van der Waals surface area (Å²) in [6.45, 7) is 0. The van der Waals surface area contributed by atoms with Crippen LogP contribution in [-0.2, 0) is 4.79 Å². The number of hydrogen-bond acceptors (Lipinski definition) is 1.